The number of anilines is 1. The molecule has 1 unspecified atom stereocenters. The molecule has 0 bridgehead atoms. The van der Waals surface area contributed by atoms with E-state index in [4.69, 9.17) is 4.98 Å². The Morgan fingerprint density at radius 1 is 1.11 bits per heavy atom. The quantitative estimate of drug-likeness (QED) is 0.305. The van der Waals surface area contributed by atoms with Crippen LogP contribution < -0.4 is 4.90 Å². The zero-order valence-corrected chi connectivity index (χ0v) is 22.6. The Balaban J connectivity index is 1.47. The first kappa shape index (κ1) is 25.5. The molecule has 0 spiro atoms. The number of fused-ring (bicyclic) bond motifs is 1. The molecule has 1 atom stereocenters. The van der Waals surface area contributed by atoms with Gasteiger partial charge in [0.15, 0.2) is 5.13 Å². The summed E-state index contributed by atoms with van der Waals surface area (Å²) in [7, 11) is -3.61. The molecule has 37 heavy (non-hydrogen) atoms. The van der Waals surface area contributed by atoms with Gasteiger partial charge in [0.25, 0.3) is 5.91 Å². The first-order valence-corrected chi connectivity index (χ1v) is 14.8. The monoisotopic (exact) mass is 534 g/mol. The summed E-state index contributed by atoms with van der Waals surface area (Å²) in [6.45, 7) is 4.89. The van der Waals surface area contributed by atoms with Gasteiger partial charge in [-0.05, 0) is 79.8 Å². The highest BCUT2D eigenvalue weighted by Crippen LogP contribution is 2.32. The number of thiazole rings is 1. The Bertz CT molecular complexity index is 1500. The highest BCUT2D eigenvalue weighted by molar-refractivity contribution is 7.89. The number of rotatable bonds is 7. The lowest BCUT2D eigenvalue weighted by Gasteiger charge is -2.32. The van der Waals surface area contributed by atoms with E-state index in [0.29, 0.717) is 23.8 Å². The molecule has 4 aromatic rings. The van der Waals surface area contributed by atoms with E-state index in [1.165, 1.54) is 29.0 Å². The van der Waals surface area contributed by atoms with E-state index in [1.807, 2.05) is 25.1 Å². The summed E-state index contributed by atoms with van der Waals surface area (Å²) in [5.41, 5.74) is 3.34. The van der Waals surface area contributed by atoms with E-state index < -0.39 is 10.0 Å². The standard InChI is InChI=1S/C28H30N4O3S2/c1-3-21-9-14-25-26(17-21)36-28(30-25)31(19-22-8-6-15-29-18-22)27(33)23-10-12-24(13-11-23)37(34,35)32-16-5-4-7-20(32)2/h6,8-15,17-18,20H,3-5,7,16,19H2,1-2H3. The Labute approximate surface area is 221 Å². The fourth-order valence-electron chi connectivity index (χ4n) is 4.68. The number of hydrogen-bond acceptors (Lipinski definition) is 6. The molecule has 0 radical (unpaired) electrons. The van der Waals surface area contributed by atoms with Crippen LogP contribution in [0.25, 0.3) is 10.2 Å². The normalized spacial score (nSPS) is 16.6. The summed E-state index contributed by atoms with van der Waals surface area (Å²) < 4.78 is 29.1. The number of nitrogens with zero attached hydrogens (tertiary/aromatic N) is 4. The van der Waals surface area contributed by atoms with Gasteiger partial charge in [0, 0.05) is 30.5 Å². The van der Waals surface area contributed by atoms with Crippen LogP contribution >= 0.6 is 11.3 Å². The molecule has 1 amide bonds. The van der Waals surface area contributed by atoms with Crippen molar-refractivity contribution in [2.75, 3.05) is 11.4 Å². The van der Waals surface area contributed by atoms with Gasteiger partial charge in [-0.1, -0.05) is 36.8 Å². The summed E-state index contributed by atoms with van der Waals surface area (Å²) in [6, 6.07) is 16.2. The number of benzene rings is 2. The van der Waals surface area contributed by atoms with Crippen molar-refractivity contribution in [1.29, 1.82) is 0 Å². The maximum atomic E-state index is 13.8. The van der Waals surface area contributed by atoms with Crippen LogP contribution in [0.2, 0.25) is 0 Å². The van der Waals surface area contributed by atoms with Crippen molar-refractivity contribution >= 4 is 42.6 Å². The predicted octanol–water partition coefficient (Wildman–Crippen LogP) is 5.66. The van der Waals surface area contributed by atoms with Gasteiger partial charge in [-0.2, -0.15) is 4.31 Å². The van der Waals surface area contributed by atoms with Gasteiger partial charge < -0.3 is 0 Å². The number of aromatic nitrogens is 2. The van der Waals surface area contributed by atoms with Gasteiger partial charge in [0.05, 0.1) is 21.7 Å². The number of carbonyl (C=O) groups excluding carboxylic acids is 1. The van der Waals surface area contributed by atoms with Crippen LogP contribution in [-0.2, 0) is 23.0 Å². The lowest BCUT2D eigenvalue weighted by Crippen LogP contribution is -2.41. The van der Waals surface area contributed by atoms with E-state index in [-0.39, 0.29) is 16.8 Å². The summed E-state index contributed by atoms with van der Waals surface area (Å²) in [4.78, 5) is 24.6. The molecular formula is C28H30N4O3S2. The van der Waals surface area contributed by atoms with E-state index in [9.17, 15) is 13.2 Å². The average Bonchev–Trinajstić information content (AvgIpc) is 3.35. The molecule has 1 saturated heterocycles. The molecule has 0 saturated carbocycles. The van der Waals surface area contributed by atoms with E-state index in [1.54, 1.807) is 33.7 Å². The Hall–Kier alpha value is -3.14. The second-order valence-corrected chi connectivity index (χ2v) is 12.3. The second-order valence-electron chi connectivity index (χ2n) is 9.39. The molecule has 1 aliphatic heterocycles. The van der Waals surface area contributed by atoms with Gasteiger partial charge >= 0.3 is 0 Å². The van der Waals surface area contributed by atoms with Crippen molar-refractivity contribution in [3.63, 3.8) is 0 Å². The van der Waals surface area contributed by atoms with Gasteiger partial charge in [-0.25, -0.2) is 13.4 Å². The number of sulfonamides is 1. The molecule has 3 heterocycles. The van der Waals surface area contributed by atoms with Crippen LogP contribution in [-0.4, -0.2) is 41.2 Å². The van der Waals surface area contributed by atoms with Crippen molar-refractivity contribution in [2.24, 2.45) is 0 Å². The van der Waals surface area contributed by atoms with E-state index in [2.05, 4.69) is 24.0 Å². The molecule has 1 fully saturated rings. The maximum Gasteiger partial charge on any atom is 0.260 e. The summed E-state index contributed by atoms with van der Waals surface area (Å²) in [5.74, 6) is -0.242. The van der Waals surface area contributed by atoms with Gasteiger partial charge in [0.1, 0.15) is 0 Å². The molecule has 9 heteroatoms. The minimum Gasteiger partial charge on any atom is -0.279 e. The molecule has 2 aromatic carbocycles. The van der Waals surface area contributed by atoms with Crippen LogP contribution in [0.4, 0.5) is 5.13 Å². The minimum absolute atomic E-state index is 0.0257. The summed E-state index contributed by atoms with van der Waals surface area (Å²) in [6.07, 6.45) is 7.12. The topological polar surface area (TPSA) is 83.5 Å². The fourth-order valence-corrected chi connectivity index (χ4v) is 7.41. The molecule has 7 nitrogen and oxygen atoms in total. The first-order valence-electron chi connectivity index (χ1n) is 12.6. The van der Waals surface area contributed by atoms with Crippen LogP contribution in [0.1, 0.15) is 54.6 Å². The van der Waals surface area contributed by atoms with Crippen molar-refractivity contribution in [1.82, 2.24) is 14.3 Å². The predicted molar refractivity (Wildman–Crippen MR) is 147 cm³/mol. The van der Waals surface area contributed by atoms with Gasteiger partial charge in [0.2, 0.25) is 10.0 Å². The van der Waals surface area contributed by atoms with Gasteiger partial charge in [-0.15, -0.1) is 0 Å². The first-order chi connectivity index (χ1) is 17.9. The smallest absolute Gasteiger partial charge is 0.260 e. The highest BCUT2D eigenvalue weighted by Gasteiger charge is 2.31. The molecule has 1 aliphatic rings. The van der Waals surface area contributed by atoms with Crippen LogP contribution in [0.3, 0.4) is 0 Å². The third-order valence-corrected chi connectivity index (χ3v) is 9.91. The largest absolute Gasteiger partial charge is 0.279 e. The lowest BCUT2D eigenvalue weighted by atomic mass is 10.1. The molecular weight excluding hydrogens is 504 g/mol. The average molecular weight is 535 g/mol. The Morgan fingerprint density at radius 2 is 1.92 bits per heavy atom. The highest BCUT2D eigenvalue weighted by atomic mass is 32.2. The minimum atomic E-state index is -3.61. The Morgan fingerprint density at radius 3 is 2.62 bits per heavy atom. The molecule has 0 aliphatic carbocycles. The number of hydrogen-bond donors (Lipinski definition) is 0. The van der Waals surface area contributed by atoms with Crippen molar-refractivity contribution in [2.45, 2.75) is 57.0 Å². The van der Waals surface area contributed by atoms with Crippen molar-refractivity contribution in [3.05, 3.63) is 83.7 Å². The fraction of sp³-hybridized carbons (Fsp3) is 0.321. The summed E-state index contributed by atoms with van der Waals surface area (Å²) in [5, 5.41) is 0.593. The third-order valence-electron chi connectivity index (χ3n) is 6.84. The number of carbonyl (C=O) groups is 1. The van der Waals surface area contributed by atoms with Gasteiger partial charge in [-0.3, -0.25) is 14.7 Å². The van der Waals surface area contributed by atoms with Crippen LogP contribution in [0, 0.1) is 0 Å². The molecule has 2 aromatic heterocycles. The molecule has 0 N–H and O–H groups in total. The van der Waals surface area contributed by atoms with Crippen molar-refractivity contribution in [3.8, 4) is 0 Å². The second kappa shape index (κ2) is 10.7. The zero-order valence-electron chi connectivity index (χ0n) is 21.0. The third kappa shape index (κ3) is 5.30. The number of amides is 1. The van der Waals surface area contributed by atoms with Crippen molar-refractivity contribution < 1.29 is 13.2 Å². The molecule has 192 valence electrons. The number of pyridine rings is 1. The summed E-state index contributed by atoms with van der Waals surface area (Å²) >= 11 is 1.47. The maximum absolute atomic E-state index is 13.8. The molecule has 5 rings (SSSR count). The zero-order chi connectivity index (χ0) is 26.0. The van der Waals surface area contributed by atoms with Crippen LogP contribution in [0.15, 0.2) is 71.9 Å². The van der Waals surface area contributed by atoms with E-state index >= 15 is 0 Å². The van der Waals surface area contributed by atoms with E-state index in [0.717, 1.165) is 41.5 Å². The lowest BCUT2D eigenvalue weighted by molar-refractivity contribution is 0.0985. The SMILES string of the molecule is CCc1ccc2nc(N(Cc3cccnc3)C(=O)c3ccc(S(=O)(=O)N4CCCCC4C)cc3)sc2c1. The Kier molecular flexibility index (Phi) is 7.37. The number of aryl methyl sites for hydroxylation is 1. The number of piperidine rings is 1. The van der Waals surface area contributed by atoms with Crippen LogP contribution in [0.5, 0.6) is 0 Å².